The molecule has 0 spiro atoms. The number of aromatic nitrogens is 2. The Labute approximate surface area is 247 Å². The van der Waals surface area contributed by atoms with Crippen LogP contribution < -0.4 is 9.64 Å². The van der Waals surface area contributed by atoms with E-state index in [4.69, 9.17) is 9.72 Å². The lowest BCUT2D eigenvalue weighted by molar-refractivity contribution is -0.137. The maximum Gasteiger partial charge on any atom is 0.323 e. The van der Waals surface area contributed by atoms with Crippen molar-refractivity contribution < 1.29 is 19.4 Å². The number of carbonyl (C=O) groups is 2. The molecule has 0 fully saturated rings. The molecule has 0 saturated carbocycles. The van der Waals surface area contributed by atoms with Crippen LogP contribution in [0.4, 0.5) is 5.95 Å². The number of rotatable bonds is 15. The van der Waals surface area contributed by atoms with Gasteiger partial charge in [-0.3, -0.25) is 9.59 Å². The van der Waals surface area contributed by atoms with Crippen LogP contribution in [0.5, 0.6) is 5.75 Å². The normalized spacial score (nSPS) is 10.7. The molecule has 0 aliphatic carbocycles. The van der Waals surface area contributed by atoms with Crippen LogP contribution in [-0.4, -0.2) is 65.6 Å². The Kier molecular flexibility index (Phi) is 11.0. The molecule has 0 saturated heterocycles. The standard InChI is InChI=1S/C34H38N4O4/c1-37(22-20-27-13-7-4-8-14-27)34-35-24-30(31(36-34)19-18-28-15-9-17-29(23-28)42-2)33(41)38(25-32(39)40)21-10-16-26-11-5-3-6-12-26/h3-9,11-15,17,23-24H,10,16,18-22,25H2,1-2H3,(H,39,40). The van der Waals surface area contributed by atoms with E-state index in [1.165, 1.54) is 10.5 Å². The summed E-state index contributed by atoms with van der Waals surface area (Å²) in [6.07, 6.45) is 4.89. The molecule has 8 nitrogen and oxygen atoms in total. The highest BCUT2D eigenvalue weighted by atomic mass is 16.5. The Balaban J connectivity index is 1.55. The summed E-state index contributed by atoms with van der Waals surface area (Å²) >= 11 is 0. The van der Waals surface area contributed by atoms with Gasteiger partial charge in [0.15, 0.2) is 0 Å². The van der Waals surface area contributed by atoms with Gasteiger partial charge in [0.2, 0.25) is 5.95 Å². The second-order valence-corrected chi connectivity index (χ2v) is 10.2. The SMILES string of the molecule is COc1cccc(CCc2nc(N(C)CCc3ccccc3)ncc2C(=O)N(CCCc2ccccc2)CC(=O)O)c1. The first-order valence-electron chi connectivity index (χ1n) is 14.2. The van der Waals surface area contributed by atoms with Crippen molar-refractivity contribution in [2.75, 3.05) is 38.7 Å². The maximum absolute atomic E-state index is 13.8. The number of methoxy groups -OCH3 is 1. The third-order valence-corrected chi connectivity index (χ3v) is 7.14. The first-order valence-corrected chi connectivity index (χ1v) is 14.2. The lowest BCUT2D eigenvalue weighted by Crippen LogP contribution is -2.37. The minimum atomic E-state index is -1.06. The monoisotopic (exact) mass is 566 g/mol. The van der Waals surface area contributed by atoms with E-state index in [-0.39, 0.29) is 12.5 Å². The molecular formula is C34H38N4O4. The molecule has 1 aromatic heterocycles. The number of anilines is 1. The Morgan fingerprint density at radius 3 is 2.14 bits per heavy atom. The van der Waals surface area contributed by atoms with Gasteiger partial charge in [-0.25, -0.2) is 9.97 Å². The third kappa shape index (κ3) is 8.89. The van der Waals surface area contributed by atoms with Crippen LogP contribution in [0.15, 0.2) is 91.1 Å². The van der Waals surface area contributed by atoms with E-state index in [1.807, 2.05) is 84.7 Å². The van der Waals surface area contributed by atoms with E-state index in [0.717, 1.165) is 29.7 Å². The van der Waals surface area contributed by atoms with Crippen molar-refractivity contribution in [3.63, 3.8) is 0 Å². The molecule has 42 heavy (non-hydrogen) atoms. The largest absolute Gasteiger partial charge is 0.497 e. The number of hydrogen-bond donors (Lipinski definition) is 1. The van der Waals surface area contributed by atoms with E-state index in [1.54, 1.807) is 13.3 Å². The molecule has 0 aliphatic rings. The molecule has 3 aromatic carbocycles. The van der Waals surface area contributed by atoms with Gasteiger partial charge in [0.1, 0.15) is 12.3 Å². The van der Waals surface area contributed by atoms with Crippen molar-refractivity contribution in [1.29, 1.82) is 0 Å². The zero-order valence-corrected chi connectivity index (χ0v) is 24.3. The van der Waals surface area contributed by atoms with Crippen molar-refractivity contribution in [1.82, 2.24) is 14.9 Å². The van der Waals surface area contributed by atoms with Crippen LogP contribution >= 0.6 is 0 Å². The van der Waals surface area contributed by atoms with Gasteiger partial charge in [-0.15, -0.1) is 0 Å². The minimum Gasteiger partial charge on any atom is -0.497 e. The number of carbonyl (C=O) groups excluding carboxylic acids is 1. The van der Waals surface area contributed by atoms with E-state index in [2.05, 4.69) is 17.1 Å². The molecule has 0 aliphatic heterocycles. The van der Waals surface area contributed by atoms with Crippen LogP contribution in [-0.2, 0) is 30.5 Å². The number of hydrogen-bond acceptors (Lipinski definition) is 6. The van der Waals surface area contributed by atoms with Gasteiger partial charge < -0.3 is 19.6 Å². The van der Waals surface area contributed by atoms with Crippen LogP contribution in [0, 0.1) is 0 Å². The number of carboxylic acids is 1. The molecule has 8 heteroatoms. The van der Waals surface area contributed by atoms with Crippen molar-refractivity contribution >= 4 is 17.8 Å². The summed E-state index contributed by atoms with van der Waals surface area (Å²) in [5, 5.41) is 9.59. The lowest BCUT2D eigenvalue weighted by atomic mass is 10.0. The fourth-order valence-corrected chi connectivity index (χ4v) is 4.80. The van der Waals surface area contributed by atoms with Gasteiger partial charge >= 0.3 is 5.97 Å². The zero-order valence-electron chi connectivity index (χ0n) is 24.3. The topological polar surface area (TPSA) is 95.9 Å². The number of benzene rings is 3. The summed E-state index contributed by atoms with van der Waals surface area (Å²) in [6.45, 7) is 0.632. The number of aliphatic carboxylic acids is 1. The van der Waals surface area contributed by atoms with Crippen molar-refractivity contribution in [3.8, 4) is 5.75 Å². The van der Waals surface area contributed by atoms with Gasteiger partial charge in [0, 0.05) is 26.3 Å². The molecule has 0 radical (unpaired) electrons. The van der Waals surface area contributed by atoms with E-state index in [0.29, 0.717) is 49.6 Å². The molecule has 0 unspecified atom stereocenters. The van der Waals surface area contributed by atoms with Crippen LogP contribution in [0.1, 0.15) is 39.2 Å². The van der Waals surface area contributed by atoms with E-state index < -0.39 is 5.97 Å². The highest BCUT2D eigenvalue weighted by molar-refractivity contribution is 5.96. The molecule has 1 amide bonds. The van der Waals surface area contributed by atoms with E-state index >= 15 is 0 Å². The van der Waals surface area contributed by atoms with E-state index in [9.17, 15) is 14.7 Å². The van der Waals surface area contributed by atoms with Crippen molar-refractivity contribution in [2.45, 2.75) is 32.1 Å². The predicted octanol–water partition coefficient (Wildman–Crippen LogP) is 5.11. The smallest absolute Gasteiger partial charge is 0.323 e. The second-order valence-electron chi connectivity index (χ2n) is 10.2. The Bertz CT molecular complexity index is 1450. The summed E-state index contributed by atoms with van der Waals surface area (Å²) in [5.41, 5.74) is 4.34. The number of likely N-dealkylation sites (N-methyl/N-ethyl adjacent to an activating group) is 1. The van der Waals surface area contributed by atoms with Gasteiger partial charge in [0.25, 0.3) is 5.91 Å². The summed E-state index contributed by atoms with van der Waals surface area (Å²) in [6, 6.07) is 28.0. The molecule has 0 atom stereocenters. The number of carboxylic acid groups (broad SMARTS) is 1. The number of amides is 1. The Morgan fingerprint density at radius 1 is 0.810 bits per heavy atom. The molecular weight excluding hydrogens is 528 g/mol. The number of ether oxygens (including phenoxy) is 1. The average Bonchev–Trinajstić information content (AvgIpc) is 3.02. The van der Waals surface area contributed by atoms with Crippen LogP contribution in [0.25, 0.3) is 0 Å². The Hall–Kier alpha value is -4.72. The maximum atomic E-state index is 13.8. The van der Waals surface area contributed by atoms with Crippen molar-refractivity contribution in [2.24, 2.45) is 0 Å². The first kappa shape index (κ1) is 30.2. The molecule has 218 valence electrons. The van der Waals surface area contributed by atoms with Gasteiger partial charge in [-0.05, 0) is 60.9 Å². The van der Waals surface area contributed by atoms with Gasteiger partial charge in [-0.1, -0.05) is 72.8 Å². The molecule has 4 rings (SSSR count). The molecule has 1 N–H and O–H groups in total. The van der Waals surface area contributed by atoms with Crippen molar-refractivity contribution in [3.05, 3.63) is 119 Å². The summed E-state index contributed by atoms with van der Waals surface area (Å²) < 4.78 is 5.37. The Morgan fingerprint density at radius 2 is 1.48 bits per heavy atom. The minimum absolute atomic E-state index is 0.314. The summed E-state index contributed by atoms with van der Waals surface area (Å²) in [5.74, 6) is -0.139. The number of aryl methyl sites for hydroxylation is 3. The lowest BCUT2D eigenvalue weighted by Gasteiger charge is -2.23. The fourth-order valence-electron chi connectivity index (χ4n) is 4.80. The first-order chi connectivity index (χ1) is 20.4. The zero-order chi connectivity index (χ0) is 29.7. The fraction of sp³-hybridized carbons (Fsp3) is 0.294. The molecule has 4 aromatic rings. The van der Waals surface area contributed by atoms with Crippen LogP contribution in [0.2, 0.25) is 0 Å². The molecule has 1 heterocycles. The average molecular weight is 567 g/mol. The highest BCUT2D eigenvalue weighted by Gasteiger charge is 2.23. The predicted molar refractivity (Wildman–Crippen MR) is 164 cm³/mol. The quantitative estimate of drug-likeness (QED) is 0.214. The van der Waals surface area contributed by atoms with Gasteiger partial charge in [0.05, 0.1) is 18.4 Å². The van der Waals surface area contributed by atoms with Crippen LogP contribution in [0.3, 0.4) is 0 Å². The highest BCUT2D eigenvalue weighted by Crippen LogP contribution is 2.19. The summed E-state index contributed by atoms with van der Waals surface area (Å²) in [4.78, 5) is 38.3. The third-order valence-electron chi connectivity index (χ3n) is 7.14. The molecule has 0 bridgehead atoms. The second kappa shape index (κ2) is 15.3. The number of nitrogens with zero attached hydrogens (tertiary/aromatic N) is 4. The van der Waals surface area contributed by atoms with Gasteiger partial charge in [-0.2, -0.15) is 0 Å². The summed E-state index contributed by atoms with van der Waals surface area (Å²) in [7, 11) is 3.57.